The molecule has 1 aliphatic carbocycles. The van der Waals surface area contributed by atoms with Crippen LogP contribution in [0.3, 0.4) is 0 Å². The van der Waals surface area contributed by atoms with E-state index in [1.807, 2.05) is 31.2 Å². The van der Waals surface area contributed by atoms with E-state index in [0.29, 0.717) is 6.42 Å². The summed E-state index contributed by atoms with van der Waals surface area (Å²) in [7, 11) is 1.64. The summed E-state index contributed by atoms with van der Waals surface area (Å²) in [6.07, 6.45) is 3.39. The Labute approximate surface area is 174 Å². The van der Waals surface area contributed by atoms with Crippen molar-refractivity contribution in [2.24, 2.45) is 5.92 Å². The first-order valence-corrected chi connectivity index (χ1v) is 10.1. The number of aromatic nitrogens is 2. The second kappa shape index (κ2) is 7.13. The van der Waals surface area contributed by atoms with Crippen molar-refractivity contribution in [1.29, 1.82) is 0 Å². The number of nitrogens with one attached hydrogen (secondary N) is 1. The fourth-order valence-corrected chi connectivity index (χ4v) is 4.59. The van der Waals surface area contributed by atoms with Gasteiger partial charge in [-0.05, 0) is 55.3 Å². The van der Waals surface area contributed by atoms with Gasteiger partial charge in [-0.1, -0.05) is 18.2 Å². The number of methoxy groups -OCH3 is 1. The van der Waals surface area contributed by atoms with E-state index in [0.717, 1.165) is 46.2 Å². The molecule has 152 valence electrons. The van der Waals surface area contributed by atoms with Crippen LogP contribution in [0.4, 0.5) is 10.2 Å². The minimum absolute atomic E-state index is 0.139. The lowest BCUT2D eigenvalue weighted by Crippen LogP contribution is -2.35. The first kappa shape index (κ1) is 18.6. The van der Waals surface area contributed by atoms with Crippen LogP contribution in [0.2, 0.25) is 0 Å². The number of ketones is 1. The van der Waals surface area contributed by atoms with Crippen molar-refractivity contribution < 1.29 is 13.9 Å². The summed E-state index contributed by atoms with van der Waals surface area (Å²) >= 11 is 0. The minimum Gasteiger partial charge on any atom is -0.497 e. The zero-order valence-electron chi connectivity index (χ0n) is 16.9. The molecule has 0 bridgehead atoms. The molecule has 0 saturated heterocycles. The number of carbonyl (C=O) groups is 1. The second-order valence-corrected chi connectivity index (χ2v) is 7.75. The van der Waals surface area contributed by atoms with Crippen LogP contribution >= 0.6 is 0 Å². The van der Waals surface area contributed by atoms with E-state index < -0.39 is 0 Å². The molecule has 3 aromatic rings. The van der Waals surface area contributed by atoms with Crippen LogP contribution in [0.1, 0.15) is 35.6 Å². The van der Waals surface area contributed by atoms with E-state index in [1.54, 1.807) is 23.9 Å². The maximum absolute atomic E-state index is 13.5. The highest BCUT2D eigenvalue weighted by Gasteiger charge is 2.43. The molecule has 30 heavy (non-hydrogen) atoms. The van der Waals surface area contributed by atoms with E-state index >= 15 is 0 Å². The van der Waals surface area contributed by atoms with Gasteiger partial charge < -0.3 is 10.1 Å². The topological polar surface area (TPSA) is 56.1 Å². The summed E-state index contributed by atoms with van der Waals surface area (Å²) < 4.78 is 20.6. The zero-order valence-corrected chi connectivity index (χ0v) is 16.9. The molecule has 0 unspecified atom stereocenters. The van der Waals surface area contributed by atoms with Crippen LogP contribution < -0.4 is 10.1 Å². The molecule has 0 amide bonds. The van der Waals surface area contributed by atoms with Crippen LogP contribution in [0.15, 0.2) is 60.3 Å². The van der Waals surface area contributed by atoms with Crippen molar-refractivity contribution in [2.45, 2.75) is 25.7 Å². The Morgan fingerprint density at radius 1 is 1.10 bits per heavy atom. The second-order valence-electron chi connectivity index (χ2n) is 7.75. The molecular formula is C24H22FN3O2. The van der Waals surface area contributed by atoms with Crippen LogP contribution in [-0.4, -0.2) is 22.7 Å². The number of fused-ring (bicyclic) bond motifs is 2. The fourth-order valence-electron chi connectivity index (χ4n) is 4.59. The lowest BCUT2D eigenvalue weighted by atomic mass is 9.72. The number of rotatable bonds is 3. The molecule has 1 N–H and O–H groups in total. The Kier molecular flexibility index (Phi) is 4.42. The Balaban J connectivity index is 1.71. The summed E-state index contributed by atoms with van der Waals surface area (Å²) in [5.41, 5.74) is 4.58. The van der Waals surface area contributed by atoms with Gasteiger partial charge in [-0.25, -0.2) is 9.07 Å². The van der Waals surface area contributed by atoms with Gasteiger partial charge in [-0.2, -0.15) is 5.10 Å². The van der Waals surface area contributed by atoms with Crippen molar-refractivity contribution >= 4 is 11.6 Å². The highest BCUT2D eigenvalue weighted by atomic mass is 19.1. The standard InChI is InChI=1S/C24H22FN3O2/c1-14-21-22(15-6-12-18(30-2)13-7-15)23-19(4-3-5-20(23)29)26-24(21)28(27-14)17-10-8-16(25)9-11-17/h4,6-13,22-23,26H,3,5H2,1-2H3/t22-,23+/m1/s1. The number of halogens is 1. The molecule has 1 aromatic heterocycles. The van der Waals surface area contributed by atoms with Gasteiger partial charge in [-0.3, -0.25) is 4.79 Å². The summed E-state index contributed by atoms with van der Waals surface area (Å²) in [6, 6.07) is 14.2. The van der Waals surface area contributed by atoms with Crippen molar-refractivity contribution in [3.8, 4) is 11.4 Å². The molecule has 0 spiro atoms. The van der Waals surface area contributed by atoms with Crippen molar-refractivity contribution in [3.05, 3.63) is 82.9 Å². The predicted octanol–water partition coefficient (Wildman–Crippen LogP) is 4.75. The lowest BCUT2D eigenvalue weighted by Gasteiger charge is -2.36. The highest BCUT2D eigenvalue weighted by Crippen LogP contribution is 2.48. The number of hydrogen-bond acceptors (Lipinski definition) is 4. The molecule has 2 aliphatic rings. The zero-order chi connectivity index (χ0) is 20.8. The molecule has 0 fully saturated rings. The van der Waals surface area contributed by atoms with Gasteiger partial charge in [0.25, 0.3) is 0 Å². The normalized spacial score (nSPS) is 20.1. The number of hydrogen-bond donors (Lipinski definition) is 1. The Morgan fingerprint density at radius 3 is 2.53 bits per heavy atom. The number of carbonyl (C=O) groups excluding carboxylic acids is 1. The molecular weight excluding hydrogens is 381 g/mol. The summed E-state index contributed by atoms with van der Waals surface area (Å²) in [5, 5.41) is 8.23. The summed E-state index contributed by atoms with van der Waals surface area (Å²) in [5.74, 6) is 1.15. The average Bonchev–Trinajstić information content (AvgIpc) is 3.09. The van der Waals surface area contributed by atoms with E-state index in [-0.39, 0.29) is 23.4 Å². The third-order valence-electron chi connectivity index (χ3n) is 6.00. The van der Waals surface area contributed by atoms with Gasteiger partial charge in [0, 0.05) is 23.6 Å². The third kappa shape index (κ3) is 2.91. The first-order chi connectivity index (χ1) is 14.6. The smallest absolute Gasteiger partial charge is 0.143 e. The number of benzene rings is 2. The maximum Gasteiger partial charge on any atom is 0.143 e. The number of anilines is 1. The Hall–Kier alpha value is -3.41. The van der Waals surface area contributed by atoms with Crippen LogP contribution in [0.25, 0.3) is 5.69 Å². The van der Waals surface area contributed by atoms with Gasteiger partial charge >= 0.3 is 0 Å². The molecule has 2 aromatic carbocycles. The van der Waals surface area contributed by atoms with Crippen LogP contribution in [0.5, 0.6) is 5.75 Å². The molecule has 0 radical (unpaired) electrons. The summed E-state index contributed by atoms with van der Waals surface area (Å²) in [6.45, 7) is 1.96. The molecule has 5 rings (SSSR count). The maximum atomic E-state index is 13.5. The monoisotopic (exact) mass is 403 g/mol. The molecule has 5 nitrogen and oxygen atoms in total. The number of nitrogens with zero attached hydrogens (tertiary/aromatic N) is 2. The van der Waals surface area contributed by atoms with E-state index in [1.165, 1.54) is 12.1 Å². The van der Waals surface area contributed by atoms with Crippen LogP contribution in [-0.2, 0) is 4.79 Å². The fraction of sp³-hybridized carbons (Fsp3) is 0.250. The van der Waals surface area contributed by atoms with E-state index in [9.17, 15) is 9.18 Å². The Bertz CT molecular complexity index is 1150. The summed E-state index contributed by atoms with van der Waals surface area (Å²) in [4.78, 5) is 13.0. The van der Waals surface area contributed by atoms with Crippen molar-refractivity contribution in [1.82, 2.24) is 9.78 Å². The molecule has 1 aliphatic heterocycles. The molecule has 0 saturated carbocycles. The van der Waals surface area contributed by atoms with Gasteiger partial charge in [-0.15, -0.1) is 0 Å². The first-order valence-electron chi connectivity index (χ1n) is 10.1. The van der Waals surface area contributed by atoms with E-state index in [2.05, 4.69) is 11.4 Å². The van der Waals surface area contributed by atoms with E-state index in [4.69, 9.17) is 9.84 Å². The average molecular weight is 403 g/mol. The predicted molar refractivity (Wildman–Crippen MR) is 113 cm³/mol. The molecule has 2 atom stereocenters. The SMILES string of the molecule is COc1ccc([C@@H]2c3c(C)nn(-c4ccc(F)cc4)c3NC3=CCCC(=O)[C@H]32)cc1. The lowest BCUT2D eigenvalue weighted by molar-refractivity contribution is -0.122. The number of Topliss-reactive ketones (excluding diaryl/α,β-unsaturated/α-hetero) is 1. The Morgan fingerprint density at radius 2 is 1.83 bits per heavy atom. The number of allylic oxidation sites excluding steroid dienone is 2. The van der Waals surface area contributed by atoms with Gasteiger partial charge in [0.05, 0.1) is 24.4 Å². The van der Waals surface area contributed by atoms with Crippen molar-refractivity contribution in [3.63, 3.8) is 0 Å². The molecule has 6 heteroatoms. The number of ether oxygens (including phenoxy) is 1. The van der Waals surface area contributed by atoms with Gasteiger partial charge in [0.15, 0.2) is 0 Å². The van der Waals surface area contributed by atoms with Gasteiger partial charge in [0.2, 0.25) is 0 Å². The minimum atomic E-state index is -0.291. The van der Waals surface area contributed by atoms with Crippen LogP contribution in [0, 0.1) is 18.7 Å². The number of aryl methyl sites for hydroxylation is 1. The molecule has 2 heterocycles. The largest absolute Gasteiger partial charge is 0.497 e. The van der Waals surface area contributed by atoms with Gasteiger partial charge in [0.1, 0.15) is 23.2 Å². The quantitative estimate of drug-likeness (QED) is 0.686. The highest BCUT2D eigenvalue weighted by molar-refractivity contribution is 5.89. The van der Waals surface area contributed by atoms with Crippen molar-refractivity contribution in [2.75, 3.05) is 12.4 Å². The third-order valence-corrected chi connectivity index (χ3v) is 6.00.